The Hall–Kier alpha value is 0.690. The van der Waals surface area contributed by atoms with Crippen molar-refractivity contribution in [3.8, 4) is 0 Å². The van der Waals surface area contributed by atoms with Crippen molar-refractivity contribution < 1.29 is 0 Å². The van der Waals surface area contributed by atoms with Crippen molar-refractivity contribution in [3.05, 3.63) is 0 Å². The zero-order valence-electron chi connectivity index (χ0n) is 6.69. The molecular weight excluding hydrogens is 225 g/mol. The van der Waals surface area contributed by atoms with Crippen LogP contribution in [0.15, 0.2) is 0 Å². The van der Waals surface area contributed by atoms with Crippen LogP contribution in [0, 0.1) is 0 Å². The highest BCUT2D eigenvalue weighted by Crippen LogP contribution is 2.06. The van der Waals surface area contributed by atoms with Gasteiger partial charge in [-0.15, -0.1) is 0 Å². The van der Waals surface area contributed by atoms with Gasteiger partial charge in [0.1, 0.15) is 0 Å². The molecule has 0 amide bonds. The van der Waals surface area contributed by atoms with Gasteiger partial charge in [0.2, 0.25) is 0 Å². The van der Waals surface area contributed by atoms with Crippen LogP contribution in [0.2, 0.25) is 0 Å². The smallest absolute Gasteiger partial charge is 0.0511 e. The van der Waals surface area contributed by atoms with Crippen LogP contribution < -0.4 is 0 Å². The number of alkyl halides is 1. The third-order valence-electron chi connectivity index (χ3n) is 1.46. The fourth-order valence-corrected chi connectivity index (χ4v) is 2.45. The van der Waals surface area contributed by atoms with Crippen LogP contribution in [-0.4, -0.2) is 21.5 Å². The van der Waals surface area contributed by atoms with Crippen LogP contribution in [0.3, 0.4) is 0 Å². The first-order valence-electron chi connectivity index (χ1n) is 3.41. The zero-order chi connectivity index (χ0) is 7.44. The van der Waals surface area contributed by atoms with Crippen molar-refractivity contribution >= 4 is 22.6 Å². The summed E-state index contributed by atoms with van der Waals surface area (Å²) >= 11 is 2.41. The summed E-state index contributed by atoms with van der Waals surface area (Å²) in [4.78, 5) is 2.44. The fourth-order valence-electron chi connectivity index (χ4n) is 0.872. The molecule has 0 aromatic carbocycles. The number of halogens is 1. The highest BCUT2D eigenvalue weighted by Gasteiger charge is 2.09. The molecule has 56 valence electrons. The van der Waals surface area contributed by atoms with Gasteiger partial charge in [-0.25, -0.2) is 0 Å². The molecule has 0 heterocycles. The topological polar surface area (TPSA) is 3.24 Å². The Morgan fingerprint density at radius 2 is 1.44 bits per heavy atom. The number of rotatable bonds is 3. The maximum atomic E-state index is 2.44. The average molecular weight is 241 g/mol. The lowest BCUT2D eigenvalue weighted by atomic mass is 10.2. The number of nitrogens with zero attached hydrogens (tertiary/aromatic N) is 1. The van der Waals surface area contributed by atoms with E-state index in [0.29, 0.717) is 12.1 Å². The number of hydrogen-bond acceptors (Lipinski definition) is 1. The molecule has 2 heteroatoms. The van der Waals surface area contributed by atoms with Crippen LogP contribution in [0.1, 0.15) is 27.7 Å². The van der Waals surface area contributed by atoms with Gasteiger partial charge in [-0.3, -0.25) is 4.90 Å². The molecule has 0 rings (SSSR count). The third-order valence-corrected chi connectivity index (χ3v) is 2.25. The van der Waals surface area contributed by atoms with Crippen LogP contribution >= 0.6 is 22.6 Å². The maximum absolute atomic E-state index is 2.44. The first-order valence-corrected chi connectivity index (χ1v) is 4.93. The van der Waals surface area contributed by atoms with Gasteiger partial charge in [-0.2, -0.15) is 0 Å². The van der Waals surface area contributed by atoms with E-state index in [1.165, 1.54) is 0 Å². The molecule has 0 unspecified atom stereocenters. The summed E-state index contributed by atoms with van der Waals surface area (Å²) in [6.45, 7) is 8.94. The van der Waals surface area contributed by atoms with Crippen LogP contribution in [0.25, 0.3) is 0 Å². The molecule has 0 aliphatic rings. The quantitative estimate of drug-likeness (QED) is 0.417. The minimum Gasteiger partial charge on any atom is -0.289 e. The molecule has 0 aromatic heterocycles. The van der Waals surface area contributed by atoms with Crippen LogP contribution in [0.5, 0.6) is 0 Å². The predicted molar refractivity (Wildman–Crippen MR) is 51.0 cm³/mol. The largest absolute Gasteiger partial charge is 0.289 e. The molecule has 0 radical (unpaired) electrons. The molecule has 0 fully saturated rings. The molecule has 0 aliphatic heterocycles. The van der Waals surface area contributed by atoms with Crippen molar-refractivity contribution in [1.29, 1.82) is 0 Å². The van der Waals surface area contributed by atoms with E-state index in [0.717, 1.165) is 4.55 Å². The van der Waals surface area contributed by atoms with Crippen LogP contribution in [0.4, 0.5) is 0 Å². The minimum atomic E-state index is 0.682. The first kappa shape index (κ1) is 9.69. The summed E-state index contributed by atoms with van der Waals surface area (Å²) in [5.41, 5.74) is 0. The Balaban J connectivity index is 3.68. The summed E-state index contributed by atoms with van der Waals surface area (Å²) in [5.74, 6) is 0. The monoisotopic (exact) mass is 241 g/mol. The molecule has 0 saturated heterocycles. The molecule has 0 aromatic rings. The lowest BCUT2D eigenvalue weighted by molar-refractivity contribution is 0.216. The molecule has 0 spiro atoms. The van der Waals surface area contributed by atoms with Crippen molar-refractivity contribution in [2.24, 2.45) is 0 Å². The van der Waals surface area contributed by atoms with Crippen molar-refractivity contribution in [2.75, 3.05) is 4.55 Å². The minimum absolute atomic E-state index is 0.682. The van der Waals surface area contributed by atoms with Gasteiger partial charge in [0, 0.05) is 12.1 Å². The Morgan fingerprint density at radius 3 is 1.44 bits per heavy atom. The summed E-state index contributed by atoms with van der Waals surface area (Å²) in [6.07, 6.45) is 0. The second-order valence-corrected chi connectivity index (χ2v) is 3.50. The molecule has 0 atom stereocenters. The second kappa shape index (κ2) is 4.50. The van der Waals surface area contributed by atoms with Gasteiger partial charge in [0.25, 0.3) is 0 Å². The van der Waals surface area contributed by atoms with Crippen molar-refractivity contribution in [2.45, 2.75) is 39.8 Å². The Morgan fingerprint density at radius 1 is 1.11 bits per heavy atom. The zero-order valence-corrected chi connectivity index (χ0v) is 8.84. The summed E-state index contributed by atoms with van der Waals surface area (Å²) in [5, 5.41) is 0. The SMILES string of the molecule is CC(C)N(CI)C(C)C. The Labute approximate surface area is 72.0 Å². The highest BCUT2D eigenvalue weighted by atomic mass is 127. The summed E-state index contributed by atoms with van der Waals surface area (Å²) < 4.78 is 1.13. The third kappa shape index (κ3) is 3.40. The van der Waals surface area contributed by atoms with E-state index in [-0.39, 0.29) is 0 Å². The van der Waals surface area contributed by atoms with Gasteiger partial charge in [-0.1, -0.05) is 22.6 Å². The fraction of sp³-hybridized carbons (Fsp3) is 1.00. The maximum Gasteiger partial charge on any atom is 0.0511 e. The summed E-state index contributed by atoms with van der Waals surface area (Å²) in [7, 11) is 0. The van der Waals surface area contributed by atoms with E-state index in [4.69, 9.17) is 0 Å². The van der Waals surface area contributed by atoms with E-state index in [1.54, 1.807) is 0 Å². The Bertz CT molecular complexity index is 63.3. The predicted octanol–water partition coefficient (Wildman–Crippen LogP) is 2.50. The molecular formula is C7H16IN. The van der Waals surface area contributed by atoms with Crippen molar-refractivity contribution in [3.63, 3.8) is 0 Å². The second-order valence-electron chi connectivity index (χ2n) is 2.82. The van der Waals surface area contributed by atoms with Gasteiger partial charge >= 0.3 is 0 Å². The molecule has 0 N–H and O–H groups in total. The standard InChI is InChI=1S/C7H16IN/c1-6(2)9(5-8)7(3)4/h6-7H,5H2,1-4H3. The van der Waals surface area contributed by atoms with E-state index < -0.39 is 0 Å². The van der Waals surface area contributed by atoms with E-state index >= 15 is 0 Å². The average Bonchev–Trinajstić information content (AvgIpc) is 1.64. The molecule has 0 aliphatic carbocycles. The van der Waals surface area contributed by atoms with Gasteiger partial charge in [0.05, 0.1) is 4.55 Å². The van der Waals surface area contributed by atoms with Crippen molar-refractivity contribution in [1.82, 2.24) is 4.90 Å². The highest BCUT2D eigenvalue weighted by molar-refractivity contribution is 14.1. The number of hydrogen-bond donors (Lipinski definition) is 0. The molecule has 1 nitrogen and oxygen atoms in total. The molecule has 0 saturated carbocycles. The molecule has 9 heavy (non-hydrogen) atoms. The Kier molecular flexibility index (Phi) is 4.84. The van der Waals surface area contributed by atoms with Gasteiger partial charge < -0.3 is 0 Å². The van der Waals surface area contributed by atoms with Crippen LogP contribution in [-0.2, 0) is 0 Å². The summed E-state index contributed by atoms with van der Waals surface area (Å²) in [6, 6.07) is 1.36. The van der Waals surface area contributed by atoms with E-state index in [9.17, 15) is 0 Å². The van der Waals surface area contributed by atoms with E-state index in [2.05, 4.69) is 55.2 Å². The van der Waals surface area contributed by atoms with Gasteiger partial charge in [-0.05, 0) is 27.7 Å². The van der Waals surface area contributed by atoms with Gasteiger partial charge in [0.15, 0.2) is 0 Å². The lowest BCUT2D eigenvalue weighted by Crippen LogP contribution is -2.35. The lowest BCUT2D eigenvalue weighted by Gasteiger charge is -2.27. The normalized spacial score (nSPS) is 12.0. The first-order chi connectivity index (χ1) is 4.09. The molecule has 0 bridgehead atoms. The van der Waals surface area contributed by atoms with E-state index in [1.807, 2.05) is 0 Å².